The molecule has 0 saturated heterocycles. The average Bonchev–Trinajstić information content (AvgIpc) is 3.04. The fourth-order valence-corrected chi connectivity index (χ4v) is 4.56. The van der Waals surface area contributed by atoms with Crippen LogP contribution in [0.2, 0.25) is 0 Å². The van der Waals surface area contributed by atoms with Gasteiger partial charge >= 0.3 is 11.9 Å². The highest BCUT2D eigenvalue weighted by Gasteiger charge is 2.31. The SMILES string of the molecule is CC(C)[C@H](NC(=O)[C@H](Cc1ccc(O)cc1)NC(=O)CNC(=O)[C@@H](N)Cc1ccccc1)C(=O)N[C@@H](C)C(=O)N[C@@H](CCC(=O)O)C(=O)O. The Labute approximate surface area is 283 Å². The lowest BCUT2D eigenvalue weighted by Crippen LogP contribution is -2.59. The number of nitrogens with one attached hydrogen (secondary N) is 5. The second-order valence-electron chi connectivity index (χ2n) is 11.8. The van der Waals surface area contributed by atoms with E-state index in [2.05, 4.69) is 26.6 Å². The minimum absolute atomic E-state index is 0.0189. The topological polar surface area (TPSA) is 266 Å². The highest BCUT2D eigenvalue weighted by atomic mass is 16.4. The number of amides is 5. The maximum absolute atomic E-state index is 13.5. The number of hydrogen-bond acceptors (Lipinski definition) is 9. The molecule has 0 aromatic heterocycles. The predicted molar refractivity (Wildman–Crippen MR) is 176 cm³/mol. The maximum atomic E-state index is 13.5. The standard InChI is InChI=1S/C33H44N6O10/c1-18(2)28(32(47)36-19(3)29(44)38-24(33(48)49)13-14-27(42)43)39-31(46)25(16-21-9-11-22(40)12-10-21)37-26(41)17-35-30(45)23(34)15-20-7-5-4-6-8-20/h4-12,18-19,23-25,28,40H,13-17,34H2,1-3H3,(H,35,45)(H,36,47)(H,37,41)(H,38,44)(H,39,46)(H,42,43)(H,48,49)/t19-,23-,24-,25-,28-/m0/s1. The van der Waals surface area contributed by atoms with Crippen LogP contribution in [0.3, 0.4) is 0 Å². The monoisotopic (exact) mass is 684 g/mol. The quantitative estimate of drug-likeness (QED) is 0.0883. The molecule has 2 aromatic carbocycles. The molecule has 5 amide bonds. The van der Waals surface area contributed by atoms with Crippen LogP contribution in [0.1, 0.15) is 44.7 Å². The number of benzene rings is 2. The smallest absolute Gasteiger partial charge is 0.326 e. The maximum Gasteiger partial charge on any atom is 0.326 e. The normalized spacial score (nSPS) is 13.9. The molecular weight excluding hydrogens is 640 g/mol. The van der Waals surface area contributed by atoms with Gasteiger partial charge in [-0.2, -0.15) is 0 Å². The van der Waals surface area contributed by atoms with E-state index in [0.717, 1.165) is 5.56 Å². The van der Waals surface area contributed by atoms with Crippen molar-refractivity contribution in [2.24, 2.45) is 11.7 Å². The van der Waals surface area contributed by atoms with Gasteiger partial charge in [-0.15, -0.1) is 0 Å². The van der Waals surface area contributed by atoms with Gasteiger partial charge < -0.3 is 47.6 Å². The zero-order valence-corrected chi connectivity index (χ0v) is 27.5. The van der Waals surface area contributed by atoms with Crippen LogP contribution in [0.15, 0.2) is 54.6 Å². The zero-order chi connectivity index (χ0) is 36.7. The van der Waals surface area contributed by atoms with Gasteiger partial charge in [0.1, 0.15) is 29.9 Å². The number of aliphatic carboxylic acids is 2. The minimum Gasteiger partial charge on any atom is -0.508 e. The molecule has 0 radical (unpaired) electrons. The van der Waals surface area contributed by atoms with Crippen molar-refractivity contribution in [3.63, 3.8) is 0 Å². The average molecular weight is 685 g/mol. The molecule has 0 bridgehead atoms. The van der Waals surface area contributed by atoms with Crippen LogP contribution in [-0.2, 0) is 46.4 Å². The van der Waals surface area contributed by atoms with E-state index >= 15 is 0 Å². The van der Waals surface area contributed by atoms with Crippen LogP contribution in [0, 0.1) is 5.92 Å². The number of carboxylic acid groups (broad SMARTS) is 2. The number of phenols is 1. The van der Waals surface area contributed by atoms with Crippen LogP contribution in [0.4, 0.5) is 0 Å². The summed E-state index contributed by atoms with van der Waals surface area (Å²) in [5, 5.41) is 40.0. The molecule has 0 unspecified atom stereocenters. The molecule has 16 nitrogen and oxygen atoms in total. The highest BCUT2D eigenvalue weighted by molar-refractivity contribution is 5.95. The third-order valence-corrected chi connectivity index (χ3v) is 7.35. The molecule has 0 fully saturated rings. The van der Waals surface area contributed by atoms with Crippen molar-refractivity contribution in [3.8, 4) is 5.75 Å². The first-order chi connectivity index (χ1) is 23.1. The van der Waals surface area contributed by atoms with E-state index in [1.165, 1.54) is 19.1 Å². The summed E-state index contributed by atoms with van der Waals surface area (Å²) in [6.45, 7) is 4.05. The van der Waals surface area contributed by atoms with Crippen LogP contribution < -0.4 is 32.3 Å². The van der Waals surface area contributed by atoms with Crippen LogP contribution in [0.5, 0.6) is 5.75 Å². The van der Waals surface area contributed by atoms with Crippen molar-refractivity contribution in [1.82, 2.24) is 26.6 Å². The highest BCUT2D eigenvalue weighted by Crippen LogP contribution is 2.12. The Morgan fingerprint density at radius 2 is 1.31 bits per heavy atom. The summed E-state index contributed by atoms with van der Waals surface area (Å²) in [6, 6.07) is 8.79. The van der Waals surface area contributed by atoms with Crippen LogP contribution in [0.25, 0.3) is 0 Å². The number of carboxylic acids is 2. The number of carbonyl (C=O) groups excluding carboxylic acids is 5. The summed E-state index contributed by atoms with van der Waals surface area (Å²) >= 11 is 0. The summed E-state index contributed by atoms with van der Waals surface area (Å²) < 4.78 is 0. The minimum atomic E-state index is -1.50. The molecule has 0 aliphatic carbocycles. The van der Waals surface area contributed by atoms with Gasteiger partial charge in [-0.05, 0) is 48.9 Å². The number of carbonyl (C=O) groups is 7. The van der Waals surface area contributed by atoms with E-state index in [4.69, 9.17) is 10.8 Å². The first-order valence-corrected chi connectivity index (χ1v) is 15.6. The van der Waals surface area contributed by atoms with Gasteiger partial charge in [0.25, 0.3) is 0 Å². The molecule has 2 rings (SSSR count). The number of aromatic hydroxyl groups is 1. The molecule has 2 aromatic rings. The molecule has 5 atom stereocenters. The molecule has 0 saturated carbocycles. The fourth-order valence-electron chi connectivity index (χ4n) is 4.56. The molecule has 49 heavy (non-hydrogen) atoms. The number of phenolic OH excluding ortho intramolecular Hbond substituents is 1. The van der Waals surface area contributed by atoms with Gasteiger partial charge in [0.15, 0.2) is 0 Å². The van der Waals surface area contributed by atoms with Crippen molar-refractivity contribution in [2.45, 2.75) is 76.7 Å². The molecule has 0 aliphatic heterocycles. The van der Waals surface area contributed by atoms with E-state index in [9.17, 15) is 43.8 Å². The largest absolute Gasteiger partial charge is 0.508 e. The Kier molecular flexibility index (Phi) is 15.7. The second-order valence-corrected chi connectivity index (χ2v) is 11.8. The molecule has 266 valence electrons. The predicted octanol–water partition coefficient (Wildman–Crippen LogP) is -0.815. The third kappa shape index (κ3) is 14.0. The summed E-state index contributed by atoms with van der Waals surface area (Å²) in [7, 11) is 0. The molecule has 0 aliphatic rings. The van der Waals surface area contributed by atoms with Crippen molar-refractivity contribution < 1.29 is 48.9 Å². The molecular formula is C33H44N6O10. The summed E-state index contributed by atoms with van der Waals surface area (Å²) in [5.41, 5.74) is 7.37. The third-order valence-electron chi connectivity index (χ3n) is 7.35. The Hall–Kier alpha value is -5.51. The zero-order valence-electron chi connectivity index (χ0n) is 27.5. The first-order valence-electron chi connectivity index (χ1n) is 15.6. The Balaban J connectivity index is 2.10. The van der Waals surface area contributed by atoms with Gasteiger partial charge in [0.05, 0.1) is 12.6 Å². The lowest BCUT2D eigenvalue weighted by atomic mass is 10.0. The molecule has 16 heteroatoms. The Morgan fingerprint density at radius 3 is 1.88 bits per heavy atom. The van der Waals surface area contributed by atoms with Crippen molar-refractivity contribution >= 4 is 41.5 Å². The van der Waals surface area contributed by atoms with Crippen molar-refractivity contribution in [2.75, 3.05) is 6.54 Å². The van der Waals surface area contributed by atoms with Gasteiger partial charge in [0, 0.05) is 12.8 Å². The van der Waals surface area contributed by atoms with E-state index in [1.54, 1.807) is 38.1 Å². The van der Waals surface area contributed by atoms with Crippen LogP contribution in [-0.4, -0.2) is 93.5 Å². The summed E-state index contributed by atoms with van der Waals surface area (Å²) in [6.07, 6.45) is -0.697. The van der Waals surface area contributed by atoms with Gasteiger partial charge in [-0.1, -0.05) is 56.3 Å². The van der Waals surface area contributed by atoms with E-state index < -0.39 is 90.6 Å². The van der Waals surface area contributed by atoms with Crippen molar-refractivity contribution in [3.05, 3.63) is 65.7 Å². The van der Waals surface area contributed by atoms with Gasteiger partial charge in [0.2, 0.25) is 29.5 Å². The van der Waals surface area contributed by atoms with E-state index in [-0.39, 0.29) is 25.0 Å². The van der Waals surface area contributed by atoms with Crippen LogP contribution >= 0.6 is 0 Å². The number of nitrogens with two attached hydrogens (primary N) is 1. The van der Waals surface area contributed by atoms with Crippen molar-refractivity contribution in [1.29, 1.82) is 0 Å². The molecule has 0 heterocycles. The summed E-state index contributed by atoms with van der Waals surface area (Å²) in [4.78, 5) is 87.1. The lowest BCUT2D eigenvalue weighted by molar-refractivity contribution is -0.143. The Bertz CT molecular complexity index is 1470. The molecule has 0 spiro atoms. The number of hydrogen-bond donors (Lipinski definition) is 9. The fraction of sp³-hybridized carbons (Fsp3) is 0.424. The summed E-state index contributed by atoms with van der Waals surface area (Å²) in [5.74, 6) is -6.95. The van der Waals surface area contributed by atoms with Gasteiger partial charge in [-0.25, -0.2) is 4.79 Å². The van der Waals surface area contributed by atoms with E-state index in [1.807, 2.05) is 18.2 Å². The second kappa shape index (κ2) is 19.3. The number of rotatable bonds is 19. The molecule has 10 N–H and O–H groups in total. The first kappa shape index (κ1) is 39.7. The Morgan fingerprint density at radius 1 is 0.694 bits per heavy atom. The lowest BCUT2D eigenvalue weighted by Gasteiger charge is -2.27. The van der Waals surface area contributed by atoms with E-state index in [0.29, 0.717) is 5.56 Å². The van der Waals surface area contributed by atoms with Gasteiger partial charge in [-0.3, -0.25) is 28.8 Å².